The molecule has 64 valence electrons. The van der Waals surface area contributed by atoms with Gasteiger partial charge in [-0.15, -0.1) is 6.42 Å². The number of aryl methyl sites for hydroxylation is 2. The van der Waals surface area contributed by atoms with Gasteiger partial charge in [-0.1, -0.05) is 12.8 Å². The van der Waals surface area contributed by atoms with Gasteiger partial charge in [0.1, 0.15) is 6.61 Å². The summed E-state index contributed by atoms with van der Waals surface area (Å²) in [6, 6.07) is 2.01. The molecule has 2 nitrogen and oxygen atoms in total. The first-order valence-electron chi connectivity index (χ1n) is 3.99. The maximum absolute atomic E-state index is 5.30. The fourth-order valence-corrected chi connectivity index (χ4v) is 1.06. The molecule has 0 aromatic carbocycles. The van der Waals surface area contributed by atoms with Crippen LogP contribution in [0.3, 0.4) is 0 Å². The van der Waals surface area contributed by atoms with E-state index in [0.717, 1.165) is 12.3 Å². The Hall–Kier alpha value is -1.36. The van der Waals surface area contributed by atoms with Crippen LogP contribution in [0.5, 0.6) is 5.88 Å². The molecular weight excluding hydrogens is 150 g/mol. The van der Waals surface area contributed by atoms with Crippen LogP contribution < -0.4 is 4.74 Å². The molecule has 0 amide bonds. The number of hydrogen-bond donors (Lipinski definition) is 0. The van der Waals surface area contributed by atoms with Gasteiger partial charge in [0.25, 0.3) is 0 Å². The Kier molecular flexibility index (Phi) is 2.82. The highest BCUT2D eigenvalue weighted by molar-refractivity contribution is 5.23. The van der Waals surface area contributed by atoms with Crippen molar-refractivity contribution in [3.8, 4) is 18.2 Å². The second-order valence-electron chi connectivity index (χ2n) is 2.64. The third-order valence-electron chi connectivity index (χ3n) is 1.73. The minimum atomic E-state index is 0.334. The van der Waals surface area contributed by atoms with Crippen LogP contribution in [0, 0.1) is 12.3 Å². The zero-order valence-corrected chi connectivity index (χ0v) is 7.50. The van der Waals surface area contributed by atoms with Gasteiger partial charge in [-0.25, -0.2) is 0 Å². The van der Waals surface area contributed by atoms with Gasteiger partial charge in [0, 0.05) is 19.3 Å². The van der Waals surface area contributed by atoms with E-state index in [1.807, 2.05) is 23.9 Å². The monoisotopic (exact) mass is 163 g/mol. The van der Waals surface area contributed by atoms with Crippen molar-refractivity contribution in [1.82, 2.24) is 4.57 Å². The number of hydrogen-bond acceptors (Lipinski definition) is 1. The van der Waals surface area contributed by atoms with E-state index >= 15 is 0 Å². The van der Waals surface area contributed by atoms with Crippen LogP contribution in [0.2, 0.25) is 0 Å². The van der Waals surface area contributed by atoms with Gasteiger partial charge in [-0.3, -0.25) is 0 Å². The van der Waals surface area contributed by atoms with E-state index in [1.165, 1.54) is 5.56 Å². The van der Waals surface area contributed by atoms with Crippen LogP contribution in [0.1, 0.15) is 12.5 Å². The zero-order chi connectivity index (χ0) is 8.97. The van der Waals surface area contributed by atoms with Crippen molar-refractivity contribution in [1.29, 1.82) is 0 Å². The molecule has 0 fully saturated rings. The Morgan fingerprint density at radius 1 is 1.67 bits per heavy atom. The molecule has 0 aliphatic heterocycles. The lowest BCUT2D eigenvalue weighted by Crippen LogP contribution is -1.97. The molecule has 0 aliphatic rings. The molecule has 12 heavy (non-hydrogen) atoms. The summed E-state index contributed by atoms with van der Waals surface area (Å²) in [4.78, 5) is 0. The molecular formula is C10H13NO. The molecule has 0 bridgehead atoms. The van der Waals surface area contributed by atoms with Crippen molar-refractivity contribution in [2.75, 3.05) is 6.61 Å². The number of rotatable bonds is 3. The SMILES string of the molecule is C#CCOc1cc(CC)cn1C. The maximum Gasteiger partial charge on any atom is 0.194 e. The van der Waals surface area contributed by atoms with Crippen LogP contribution in [0.25, 0.3) is 0 Å². The van der Waals surface area contributed by atoms with E-state index in [4.69, 9.17) is 11.2 Å². The van der Waals surface area contributed by atoms with Crippen molar-refractivity contribution in [3.63, 3.8) is 0 Å². The molecule has 0 unspecified atom stereocenters. The van der Waals surface area contributed by atoms with E-state index < -0.39 is 0 Å². The summed E-state index contributed by atoms with van der Waals surface area (Å²) in [6.07, 6.45) is 8.15. The van der Waals surface area contributed by atoms with E-state index in [0.29, 0.717) is 6.61 Å². The summed E-state index contributed by atoms with van der Waals surface area (Å²) in [6.45, 7) is 2.45. The van der Waals surface area contributed by atoms with E-state index in [9.17, 15) is 0 Å². The summed E-state index contributed by atoms with van der Waals surface area (Å²) in [5.41, 5.74) is 1.27. The number of aromatic nitrogens is 1. The normalized spacial score (nSPS) is 9.42. The van der Waals surface area contributed by atoms with Crippen molar-refractivity contribution >= 4 is 0 Å². The van der Waals surface area contributed by atoms with Gasteiger partial charge in [0.05, 0.1) is 0 Å². The van der Waals surface area contributed by atoms with Gasteiger partial charge in [-0.05, 0) is 12.0 Å². The molecule has 0 N–H and O–H groups in total. The van der Waals surface area contributed by atoms with E-state index in [1.54, 1.807) is 0 Å². The Morgan fingerprint density at radius 2 is 2.42 bits per heavy atom. The molecule has 1 aromatic rings. The van der Waals surface area contributed by atoms with Gasteiger partial charge in [0.15, 0.2) is 5.88 Å². The highest BCUT2D eigenvalue weighted by Gasteiger charge is 2.00. The average molecular weight is 163 g/mol. The number of nitrogens with zero attached hydrogens (tertiary/aromatic N) is 1. The summed E-state index contributed by atoms with van der Waals surface area (Å²) in [7, 11) is 1.95. The lowest BCUT2D eigenvalue weighted by Gasteiger charge is -2.01. The fraction of sp³-hybridized carbons (Fsp3) is 0.400. The van der Waals surface area contributed by atoms with Gasteiger partial charge >= 0.3 is 0 Å². The summed E-state index contributed by atoms with van der Waals surface area (Å²) in [5.74, 6) is 3.27. The highest BCUT2D eigenvalue weighted by Crippen LogP contribution is 2.15. The molecule has 1 rings (SSSR count). The molecule has 0 saturated heterocycles. The molecule has 2 heteroatoms. The standard InChI is InChI=1S/C10H13NO/c1-4-6-12-10-7-9(5-2)8-11(10)3/h1,7-8H,5-6H2,2-3H3. The smallest absolute Gasteiger partial charge is 0.194 e. The number of terminal acetylenes is 1. The Balaban J connectivity index is 2.72. The molecule has 0 radical (unpaired) electrons. The highest BCUT2D eigenvalue weighted by atomic mass is 16.5. The Labute approximate surface area is 73.2 Å². The summed E-state index contributed by atoms with van der Waals surface area (Å²) < 4.78 is 7.24. The van der Waals surface area contributed by atoms with Crippen molar-refractivity contribution < 1.29 is 4.74 Å². The first-order chi connectivity index (χ1) is 5.77. The Bertz CT molecular complexity index is 293. The predicted octanol–water partition coefficient (Wildman–Crippen LogP) is 1.60. The topological polar surface area (TPSA) is 14.2 Å². The summed E-state index contributed by atoms with van der Waals surface area (Å²) in [5, 5.41) is 0. The Morgan fingerprint density at radius 3 is 2.92 bits per heavy atom. The van der Waals surface area contributed by atoms with Crippen LogP contribution in [0.4, 0.5) is 0 Å². The zero-order valence-electron chi connectivity index (χ0n) is 7.50. The molecule has 0 spiro atoms. The lowest BCUT2D eigenvalue weighted by molar-refractivity contribution is 0.342. The summed E-state index contributed by atoms with van der Waals surface area (Å²) >= 11 is 0. The number of ether oxygens (including phenoxy) is 1. The lowest BCUT2D eigenvalue weighted by atomic mass is 10.3. The van der Waals surface area contributed by atoms with Gasteiger partial charge < -0.3 is 9.30 Å². The minimum Gasteiger partial charge on any atom is -0.466 e. The van der Waals surface area contributed by atoms with Crippen LogP contribution in [-0.4, -0.2) is 11.2 Å². The third-order valence-corrected chi connectivity index (χ3v) is 1.73. The quantitative estimate of drug-likeness (QED) is 0.617. The predicted molar refractivity (Wildman–Crippen MR) is 49.1 cm³/mol. The van der Waals surface area contributed by atoms with E-state index in [2.05, 4.69) is 12.8 Å². The average Bonchev–Trinajstić information content (AvgIpc) is 2.43. The second-order valence-corrected chi connectivity index (χ2v) is 2.64. The third kappa shape index (κ3) is 1.82. The largest absolute Gasteiger partial charge is 0.466 e. The van der Waals surface area contributed by atoms with Crippen molar-refractivity contribution in [2.24, 2.45) is 7.05 Å². The maximum atomic E-state index is 5.30. The molecule has 1 heterocycles. The van der Waals surface area contributed by atoms with Gasteiger partial charge in [0.2, 0.25) is 0 Å². The first kappa shape index (κ1) is 8.73. The van der Waals surface area contributed by atoms with Crippen molar-refractivity contribution in [2.45, 2.75) is 13.3 Å². The second kappa shape index (κ2) is 3.87. The van der Waals surface area contributed by atoms with E-state index in [-0.39, 0.29) is 0 Å². The molecule has 1 aromatic heterocycles. The van der Waals surface area contributed by atoms with Crippen LogP contribution >= 0.6 is 0 Å². The van der Waals surface area contributed by atoms with Gasteiger partial charge in [-0.2, -0.15) is 0 Å². The molecule has 0 saturated carbocycles. The fourth-order valence-electron chi connectivity index (χ4n) is 1.06. The molecule has 0 atom stereocenters. The van der Waals surface area contributed by atoms with Crippen LogP contribution in [0.15, 0.2) is 12.3 Å². The first-order valence-corrected chi connectivity index (χ1v) is 3.99. The van der Waals surface area contributed by atoms with Crippen molar-refractivity contribution in [3.05, 3.63) is 17.8 Å². The van der Waals surface area contributed by atoms with Crippen LogP contribution in [-0.2, 0) is 13.5 Å². The molecule has 0 aliphatic carbocycles. The minimum absolute atomic E-state index is 0.334.